The average molecular weight is 285 g/mol. The van der Waals surface area contributed by atoms with Crippen LogP contribution >= 0.6 is 0 Å². The van der Waals surface area contributed by atoms with Gasteiger partial charge in [-0.25, -0.2) is 0 Å². The Hall–Kier alpha value is -1.94. The third kappa shape index (κ3) is 3.58. The molecular weight excluding hydrogens is 262 g/mol. The molecule has 0 saturated carbocycles. The van der Waals surface area contributed by atoms with E-state index in [0.717, 1.165) is 23.7 Å². The van der Waals surface area contributed by atoms with Gasteiger partial charge in [-0.05, 0) is 18.1 Å². The number of aromatic nitrogens is 1. The molecule has 1 aromatic carbocycles. The van der Waals surface area contributed by atoms with E-state index in [1.165, 1.54) is 0 Å². The predicted molar refractivity (Wildman–Crippen MR) is 86.1 cm³/mol. The van der Waals surface area contributed by atoms with Gasteiger partial charge in [0.05, 0.1) is 11.1 Å². The zero-order chi connectivity index (χ0) is 15.2. The van der Waals surface area contributed by atoms with Crippen LogP contribution in [0.2, 0.25) is 0 Å². The first-order valence-electron chi connectivity index (χ1n) is 7.54. The van der Waals surface area contributed by atoms with Crippen LogP contribution in [0.5, 0.6) is 0 Å². The fraction of sp³-hybridized carbons (Fsp3) is 0.412. The Morgan fingerprint density at radius 2 is 1.95 bits per heavy atom. The first-order valence-corrected chi connectivity index (χ1v) is 7.54. The Labute approximate surface area is 125 Å². The Kier molecular flexibility index (Phi) is 5.28. The van der Waals surface area contributed by atoms with Crippen molar-refractivity contribution >= 4 is 16.8 Å². The fourth-order valence-corrected chi connectivity index (χ4v) is 2.66. The summed E-state index contributed by atoms with van der Waals surface area (Å²) in [5.41, 5.74) is 7.63. The Balaban J connectivity index is 2.09. The second kappa shape index (κ2) is 7.18. The number of rotatable bonds is 6. The molecule has 4 heteroatoms. The number of benzene rings is 1. The molecule has 2 aromatic rings. The lowest BCUT2D eigenvalue weighted by Gasteiger charge is -2.21. The standard InChI is InChI=1S/C17H23N3O/c1-3-12(4-2)15(18)11-20-17(21)14-9-10-19-16-8-6-5-7-13(14)16/h5-10,12,15H,3-4,11,18H2,1-2H3,(H,20,21). The van der Waals surface area contributed by atoms with Crippen molar-refractivity contribution in [2.75, 3.05) is 6.54 Å². The van der Waals surface area contributed by atoms with E-state index in [4.69, 9.17) is 5.73 Å². The molecule has 0 fully saturated rings. The van der Waals surface area contributed by atoms with Gasteiger partial charge in [-0.2, -0.15) is 0 Å². The van der Waals surface area contributed by atoms with Crippen LogP contribution in [0, 0.1) is 5.92 Å². The van der Waals surface area contributed by atoms with E-state index in [-0.39, 0.29) is 11.9 Å². The average Bonchev–Trinajstić information content (AvgIpc) is 2.53. The number of carbonyl (C=O) groups is 1. The van der Waals surface area contributed by atoms with Gasteiger partial charge >= 0.3 is 0 Å². The summed E-state index contributed by atoms with van der Waals surface area (Å²) in [7, 11) is 0. The highest BCUT2D eigenvalue weighted by molar-refractivity contribution is 6.05. The summed E-state index contributed by atoms with van der Waals surface area (Å²) in [5.74, 6) is 0.356. The highest BCUT2D eigenvalue weighted by Crippen LogP contribution is 2.16. The number of nitrogens with one attached hydrogen (secondary N) is 1. The first-order chi connectivity index (χ1) is 10.2. The molecule has 3 N–H and O–H groups in total. The minimum Gasteiger partial charge on any atom is -0.350 e. The van der Waals surface area contributed by atoms with Gasteiger partial charge in [-0.3, -0.25) is 9.78 Å². The topological polar surface area (TPSA) is 68.0 Å². The van der Waals surface area contributed by atoms with E-state index in [1.807, 2.05) is 24.3 Å². The lowest BCUT2D eigenvalue weighted by Crippen LogP contribution is -2.41. The Morgan fingerprint density at radius 1 is 1.24 bits per heavy atom. The third-order valence-corrected chi connectivity index (χ3v) is 4.05. The van der Waals surface area contributed by atoms with Gasteiger partial charge in [0, 0.05) is 24.2 Å². The number of amides is 1. The van der Waals surface area contributed by atoms with E-state index >= 15 is 0 Å². The largest absolute Gasteiger partial charge is 0.350 e. The van der Waals surface area contributed by atoms with E-state index in [1.54, 1.807) is 12.3 Å². The van der Waals surface area contributed by atoms with Crippen LogP contribution in [0.4, 0.5) is 0 Å². The highest BCUT2D eigenvalue weighted by Gasteiger charge is 2.16. The van der Waals surface area contributed by atoms with Crippen molar-refractivity contribution in [1.82, 2.24) is 10.3 Å². The van der Waals surface area contributed by atoms with E-state index in [2.05, 4.69) is 24.1 Å². The van der Waals surface area contributed by atoms with Crippen molar-refractivity contribution in [2.24, 2.45) is 11.7 Å². The maximum atomic E-state index is 12.4. The van der Waals surface area contributed by atoms with E-state index in [0.29, 0.717) is 18.0 Å². The number of fused-ring (bicyclic) bond motifs is 1. The molecule has 0 bridgehead atoms. The Morgan fingerprint density at radius 3 is 2.67 bits per heavy atom. The maximum Gasteiger partial charge on any atom is 0.252 e. The highest BCUT2D eigenvalue weighted by atomic mass is 16.1. The monoisotopic (exact) mass is 285 g/mol. The van der Waals surface area contributed by atoms with Crippen LogP contribution in [0.25, 0.3) is 10.9 Å². The van der Waals surface area contributed by atoms with Crippen LogP contribution in [0.3, 0.4) is 0 Å². The maximum absolute atomic E-state index is 12.4. The number of para-hydroxylation sites is 1. The van der Waals surface area contributed by atoms with Crippen LogP contribution in [-0.4, -0.2) is 23.5 Å². The molecule has 0 radical (unpaired) electrons. The Bertz CT molecular complexity index is 603. The summed E-state index contributed by atoms with van der Waals surface area (Å²) in [6.45, 7) is 4.76. The van der Waals surface area contributed by atoms with Crippen LogP contribution in [0.1, 0.15) is 37.0 Å². The second-order valence-electron chi connectivity index (χ2n) is 5.33. The molecule has 112 valence electrons. The number of nitrogens with two attached hydrogens (primary N) is 1. The van der Waals surface area contributed by atoms with Crippen LogP contribution < -0.4 is 11.1 Å². The molecule has 0 aliphatic rings. The minimum absolute atomic E-state index is 0.00273. The first kappa shape index (κ1) is 15.4. The number of hydrogen-bond acceptors (Lipinski definition) is 3. The molecule has 2 rings (SSSR count). The molecular formula is C17H23N3O. The van der Waals surface area contributed by atoms with Crippen LogP contribution in [0.15, 0.2) is 36.5 Å². The number of pyridine rings is 1. The normalized spacial score (nSPS) is 12.6. The smallest absolute Gasteiger partial charge is 0.252 e. The van der Waals surface area contributed by atoms with Crippen molar-refractivity contribution in [1.29, 1.82) is 0 Å². The van der Waals surface area contributed by atoms with Crippen molar-refractivity contribution in [3.05, 3.63) is 42.1 Å². The van der Waals surface area contributed by atoms with Gasteiger partial charge in [0.25, 0.3) is 5.91 Å². The van der Waals surface area contributed by atoms with Gasteiger partial charge in [0.15, 0.2) is 0 Å². The molecule has 4 nitrogen and oxygen atoms in total. The van der Waals surface area contributed by atoms with Crippen LogP contribution in [-0.2, 0) is 0 Å². The van der Waals surface area contributed by atoms with E-state index in [9.17, 15) is 4.79 Å². The molecule has 0 aliphatic heterocycles. The summed E-state index contributed by atoms with van der Waals surface area (Å²) in [5, 5.41) is 3.82. The van der Waals surface area contributed by atoms with Crippen molar-refractivity contribution < 1.29 is 4.79 Å². The molecule has 0 saturated heterocycles. The summed E-state index contributed by atoms with van der Waals surface area (Å²) in [6.07, 6.45) is 3.73. The zero-order valence-corrected chi connectivity index (χ0v) is 12.7. The van der Waals surface area contributed by atoms with E-state index < -0.39 is 0 Å². The van der Waals surface area contributed by atoms with Gasteiger partial charge in [-0.1, -0.05) is 44.9 Å². The predicted octanol–water partition coefficient (Wildman–Crippen LogP) is 2.73. The van der Waals surface area contributed by atoms with Gasteiger partial charge in [0.1, 0.15) is 0 Å². The SMILES string of the molecule is CCC(CC)C(N)CNC(=O)c1ccnc2ccccc12. The lowest BCUT2D eigenvalue weighted by atomic mass is 9.95. The van der Waals surface area contributed by atoms with Gasteiger partial charge in [-0.15, -0.1) is 0 Å². The molecule has 1 atom stereocenters. The molecule has 1 aromatic heterocycles. The quantitative estimate of drug-likeness (QED) is 0.857. The number of nitrogens with zero attached hydrogens (tertiary/aromatic N) is 1. The van der Waals surface area contributed by atoms with Gasteiger partial charge in [0.2, 0.25) is 0 Å². The third-order valence-electron chi connectivity index (χ3n) is 4.05. The summed E-state index contributed by atoms with van der Waals surface area (Å²) in [6, 6.07) is 9.40. The second-order valence-corrected chi connectivity index (χ2v) is 5.33. The van der Waals surface area contributed by atoms with Gasteiger partial charge < -0.3 is 11.1 Å². The zero-order valence-electron chi connectivity index (χ0n) is 12.7. The summed E-state index contributed by atoms with van der Waals surface area (Å²) in [4.78, 5) is 16.6. The molecule has 1 heterocycles. The number of hydrogen-bond donors (Lipinski definition) is 2. The van der Waals surface area contributed by atoms with Crippen molar-refractivity contribution in [2.45, 2.75) is 32.7 Å². The number of carbonyl (C=O) groups excluding carboxylic acids is 1. The minimum atomic E-state index is -0.0880. The lowest BCUT2D eigenvalue weighted by molar-refractivity contribution is 0.0949. The van der Waals surface area contributed by atoms with Crippen molar-refractivity contribution in [3.63, 3.8) is 0 Å². The molecule has 0 spiro atoms. The summed E-state index contributed by atoms with van der Waals surface area (Å²) < 4.78 is 0. The molecule has 0 aliphatic carbocycles. The molecule has 1 amide bonds. The van der Waals surface area contributed by atoms with Crippen molar-refractivity contribution in [3.8, 4) is 0 Å². The summed E-state index contributed by atoms with van der Waals surface area (Å²) >= 11 is 0. The fourth-order valence-electron chi connectivity index (χ4n) is 2.66. The molecule has 21 heavy (non-hydrogen) atoms. The molecule has 1 unspecified atom stereocenters.